The monoisotopic (exact) mass is 463 g/mol. The van der Waals surface area contributed by atoms with Gasteiger partial charge in [0.15, 0.2) is 0 Å². The van der Waals surface area contributed by atoms with Crippen LogP contribution < -0.4 is 9.46 Å². The summed E-state index contributed by atoms with van der Waals surface area (Å²) in [5.41, 5.74) is 0.622. The van der Waals surface area contributed by atoms with E-state index in [1.807, 2.05) is 0 Å². The number of halogens is 1. The zero-order valence-corrected chi connectivity index (χ0v) is 17.8. The summed E-state index contributed by atoms with van der Waals surface area (Å²) in [6.07, 6.45) is 1.44. The fraction of sp³-hybridized carbons (Fsp3) is 0.105. The van der Waals surface area contributed by atoms with Gasteiger partial charge in [0.05, 0.1) is 29.9 Å². The molecule has 2 amide bonds. The maximum Gasteiger partial charge on any atom is 0.280 e. The molecule has 3 heterocycles. The van der Waals surface area contributed by atoms with Crippen LogP contribution in [-0.2, 0) is 16.6 Å². The minimum atomic E-state index is -3.87. The molecule has 1 aliphatic heterocycles. The number of ether oxygens (including phenoxy) is 1. The van der Waals surface area contributed by atoms with Crippen molar-refractivity contribution in [3.8, 4) is 5.75 Å². The summed E-state index contributed by atoms with van der Waals surface area (Å²) in [6, 6.07) is 10.6. The molecule has 1 aromatic carbocycles. The molecule has 0 aliphatic carbocycles. The summed E-state index contributed by atoms with van der Waals surface area (Å²) in [7, 11) is -2.41. The number of carbonyl (C=O) groups is 2. The molecule has 0 radical (unpaired) electrons. The van der Waals surface area contributed by atoms with Crippen molar-refractivity contribution in [3.05, 3.63) is 69.8 Å². The van der Waals surface area contributed by atoms with Crippen molar-refractivity contribution in [2.75, 3.05) is 11.8 Å². The highest BCUT2D eigenvalue weighted by Crippen LogP contribution is 2.31. The molecule has 0 bridgehead atoms. The second-order valence-electron chi connectivity index (χ2n) is 6.27. The van der Waals surface area contributed by atoms with Crippen molar-refractivity contribution in [1.29, 1.82) is 0 Å². The normalized spacial score (nSPS) is 13.5. The smallest absolute Gasteiger partial charge is 0.280 e. The van der Waals surface area contributed by atoms with E-state index in [1.54, 1.807) is 18.2 Å². The molecule has 11 heteroatoms. The van der Waals surface area contributed by atoms with E-state index < -0.39 is 21.8 Å². The number of sulfonamides is 1. The molecule has 30 heavy (non-hydrogen) atoms. The van der Waals surface area contributed by atoms with Crippen LogP contribution in [0.3, 0.4) is 0 Å². The van der Waals surface area contributed by atoms with Crippen LogP contribution >= 0.6 is 22.9 Å². The number of methoxy groups -OCH3 is 1. The molecular weight excluding hydrogens is 450 g/mol. The van der Waals surface area contributed by atoms with Crippen molar-refractivity contribution in [2.45, 2.75) is 10.8 Å². The van der Waals surface area contributed by atoms with Crippen LogP contribution in [0.4, 0.5) is 5.69 Å². The van der Waals surface area contributed by atoms with Gasteiger partial charge in [-0.1, -0.05) is 11.6 Å². The molecule has 154 valence electrons. The average molecular weight is 464 g/mol. The molecule has 0 spiro atoms. The molecule has 0 atom stereocenters. The van der Waals surface area contributed by atoms with Crippen molar-refractivity contribution in [2.24, 2.45) is 0 Å². The first-order valence-electron chi connectivity index (χ1n) is 8.56. The maximum atomic E-state index is 12.7. The molecule has 1 aliphatic rings. The summed E-state index contributed by atoms with van der Waals surface area (Å²) in [6.45, 7) is -0.0391. The Hall–Kier alpha value is -2.95. The van der Waals surface area contributed by atoms with Gasteiger partial charge in [-0.3, -0.25) is 24.2 Å². The SMILES string of the molecule is COc1ccc(NS(=O)(=O)c2ccc(CN3C(=O)c4cccnc4C3=O)s2)cc1Cl. The number of carbonyl (C=O) groups excluding carboxylic acids is 2. The van der Waals surface area contributed by atoms with Crippen LogP contribution in [0, 0.1) is 0 Å². The van der Waals surface area contributed by atoms with Crippen molar-refractivity contribution >= 4 is 50.5 Å². The number of hydrogen-bond acceptors (Lipinski definition) is 7. The average Bonchev–Trinajstić information content (AvgIpc) is 3.28. The summed E-state index contributed by atoms with van der Waals surface area (Å²) in [5.74, 6) is -0.528. The molecule has 2 aromatic heterocycles. The lowest BCUT2D eigenvalue weighted by Gasteiger charge is -2.11. The standard InChI is InChI=1S/C19H14ClN3O5S2/c1-28-15-6-4-11(9-14(15)20)22-30(26,27)16-7-5-12(29-16)10-23-18(24)13-3-2-8-21-17(13)19(23)25/h2-9,22H,10H2,1H3. The lowest BCUT2D eigenvalue weighted by Crippen LogP contribution is -2.28. The highest BCUT2D eigenvalue weighted by molar-refractivity contribution is 7.94. The molecule has 0 fully saturated rings. The van der Waals surface area contributed by atoms with E-state index in [4.69, 9.17) is 16.3 Å². The predicted octanol–water partition coefficient (Wildman–Crippen LogP) is 3.40. The Kier molecular flexibility index (Phi) is 5.22. The van der Waals surface area contributed by atoms with Gasteiger partial charge in [-0.2, -0.15) is 0 Å². The molecule has 0 saturated carbocycles. The Morgan fingerprint density at radius 3 is 2.67 bits per heavy atom. The predicted molar refractivity (Wildman–Crippen MR) is 112 cm³/mol. The third-order valence-electron chi connectivity index (χ3n) is 4.35. The van der Waals surface area contributed by atoms with Crippen LogP contribution in [0.2, 0.25) is 5.02 Å². The van der Waals surface area contributed by atoms with Crippen molar-refractivity contribution in [3.63, 3.8) is 0 Å². The second kappa shape index (κ2) is 7.71. The lowest BCUT2D eigenvalue weighted by atomic mass is 10.2. The van der Waals surface area contributed by atoms with Crippen LogP contribution in [0.1, 0.15) is 25.7 Å². The molecule has 0 saturated heterocycles. The number of imide groups is 1. The number of pyridine rings is 1. The lowest BCUT2D eigenvalue weighted by molar-refractivity contribution is 0.0642. The number of hydrogen-bond donors (Lipinski definition) is 1. The van der Waals surface area contributed by atoms with Gasteiger partial charge in [-0.15, -0.1) is 11.3 Å². The number of anilines is 1. The summed E-state index contributed by atoms with van der Waals surface area (Å²) in [5, 5.41) is 0.267. The zero-order chi connectivity index (χ0) is 21.5. The van der Waals surface area contributed by atoms with E-state index in [-0.39, 0.29) is 32.7 Å². The molecule has 3 aromatic rings. The maximum absolute atomic E-state index is 12.7. The molecular formula is C19H14ClN3O5S2. The van der Waals surface area contributed by atoms with Gasteiger partial charge in [-0.05, 0) is 42.5 Å². The number of fused-ring (bicyclic) bond motifs is 1. The van der Waals surface area contributed by atoms with Crippen LogP contribution in [0.25, 0.3) is 0 Å². The number of aromatic nitrogens is 1. The molecule has 0 unspecified atom stereocenters. The third-order valence-corrected chi connectivity index (χ3v) is 7.59. The van der Waals surface area contributed by atoms with E-state index in [9.17, 15) is 18.0 Å². The molecule has 4 rings (SSSR count). The van der Waals surface area contributed by atoms with Gasteiger partial charge in [0, 0.05) is 11.1 Å². The van der Waals surface area contributed by atoms with E-state index in [0.29, 0.717) is 10.6 Å². The fourth-order valence-corrected chi connectivity index (χ4v) is 5.59. The number of amides is 2. The van der Waals surface area contributed by atoms with Crippen molar-refractivity contribution in [1.82, 2.24) is 9.88 Å². The van der Waals surface area contributed by atoms with E-state index in [0.717, 1.165) is 16.2 Å². The number of rotatable bonds is 6. The fourth-order valence-electron chi connectivity index (χ4n) is 2.94. The zero-order valence-electron chi connectivity index (χ0n) is 15.5. The Morgan fingerprint density at radius 1 is 1.17 bits per heavy atom. The number of nitrogens with one attached hydrogen (secondary N) is 1. The summed E-state index contributed by atoms with van der Waals surface area (Å²) < 4.78 is 32.9. The minimum Gasteiger partial charge on any atom is -0.495 e. The highest BCUT2D eigenvalue weighted by Gasteiger charge is 2.36. The number of benzene rings is 1. The Labute approximate surface area is 181 Å². The van der Waals surface area contributed by atoms with E-state index >= 15 is 0 Å². The quantitative estimate of drug-likeness (QED) is 0.561. The van der Waals surface area contributed by atoms with Gasteiger partial charge in [0.1, 0.15) is 15.7 Å². The van der Waals surface area contributed by atoms with Gasteiger partial charge in [0.2, 0.25) is 0 Å². The number of nitrogens with zero attached hydrogens (tertiary/aromatic N) is 2. The molecule has 8 nitrogen and oxygen atoms in total. The Bertz CT molecular complexity index is 1240. The largest absolute Gasteiger partial charge is 0.495 e. The first-order chi connectivity index (χ1) is 14.3. The van der Waals surface area contributed by atoms with Gasteiger partial charge in [0.25, 0.3) is 21.8 Å². The van der Waals surface area contributed by atoms with Crippen LogP contribution in [0.15, 0.2) is 52.9 Å². The highest BCUT2D eigenvalue weighted by atomic mass is 35.5. The van der Waals surface area contributed by atoms with Crippen molar-refractivity contribution < 1.29 is 22.7 Å². The van der Waals surface area contributed by atoms with Crippen LogP contribution in [-0.4, -0.2) is 37.2 Å². The topological polar surface area (TPSA) is 106 Å². The first kappa shape index (κ1) is 20.3. The summed E-state index contributed by atoms with van der Waals surface area (Å²) in [4.78, 5) is 30.4. The first-order valence-corrected chi connectivity index (χ1v) is 11.2. The Morgan fingerprint density at radius 2 is 1.97 bits per heavy atom. The van der Waals surface area contributed by atoms with Crippen LogP contribution in [0.5, 0.6) is 5.75 Å². The van der Waals surface area contributed by atoms with E-state index in [1.165, 1.54) is 37.6 Å². The van der Waals surface area contributed by atoms with E-state index in [2.05, 4.69) is 9.71 Å². The summed E-state index contributed by atoms with van der Waals surface area (Å²) >= 11 is 7.00. The second-order valence-corrected chi connectivity index (χ2v) is 9.76. The molecule has 1 N–H and O–H groups in total. The van der Waals surface area contributed by atoms with Gasteiger partial charge in [-0.25, -0.2) is 8.42 Å². The minimum absolute atomic E-state index is 0.0391. The third kappa shape index (κ3) is 3.64. The Balaban J connectivity index is 1.52. The van der Waals surface area contributed by atoms with Gasteiger partial charge < -0.3 is 4.74 Å². The number of thiophene rings is 1. The van der Waals surface area contributed by atoms with Gasteiger partial charge >= 0.3 is 0 Å².